The van der Waals surface area contributed by atoms with Crippen LogP contribution in [-0.4, -0.2) is 30.9 Å². The summed E-state index contributed by atoms with van der Waals surface area (Å²) in [5, 5.41) is 8.74. The number of ether oxygens (including phenoxy) is 2. The first-order valence-electron chi connectivity index (χ1n) is 5.53. The van der Waals surface area contributed by atoms with Crippen LogP contribution in [0.5, 0.6) is 5.75 Å². The average molecular weight is 238 g/mol. The van der Waals surface area contributed by atoms with Gasteiger partial charge in [0.25, 0.3) is 0 Å². The molecule has 0 aliphatic heterocycles. The van der Waals surface area contributed by atoms with Crippen LogP contribution in [-0.2, 0) is 4.74 Å². The highest BCUT2D eigenvalue weighted by Crippen LogP contribution is 2.14. The Hall–Kier alpha value is -1.55. The van der Waals surface area contributed by atoms with Crippen molar-refractivity contribution >= 4 is 5.97 Å². The van der Waals surface area contributed by atoms with Gasteiger partial charge in [-0.05, 0) is 31.2 Å². The summed E-state index contributed by atoms with van der Waals surface area (Å²) >= 11 is 0. The zero-order valence-corrected chi connectivity index (χ0v) is 10.3. The van der Waals surface area contributed by atoms with E-state index in [2.05, 4.69) is 0 Å². The lowest BCUT2D eigenvalue weighted by Gasteiger charge is -2.18. The first-order valence-corrected chi connectivity index (χ1v) is 5.53. The molecule has 0 aliphatic rings. The normalized spacial score (nSPS) is 14.1. The average Bonchev–Trinajstić information content (AvgIpc) is 2.35. The van der Waals surface area contributed by atoms with E-state index in [1.807, 2.05) is 13.8 Å². The molecular weight excluding hydrogens is 220 g/mol. The number of carbonyl (C=O) groups is 1. The van der Waals surface area contributed by atoms with Crippen molar-refractivity contribution in [1.82, 2.24) is 0 Å². The van der Waals surface area contributed by atoms with Crippen molar-refractivity contribution < 1.29 is 19.4 Å². The Balaban J connectivity index is 2.50. The van der Waals surface area contributed by atoms with Crippen molar-refractivity contribution in [2.24, 2.45) is 5.92 Å². The number of rotatable bonds is 6. The Morgan fingerprint density at radius 2 is 1.88 bits per heavy atom. The van der Waals surface area contributed by atoms with Crippen LogP contribution < -0.4 is 4.74 Å². The topological polar surface area (TPSA) is 55.8 Å². The second-order valence-corrected chi connectivity index (χ2v) is 4.06. The number of carboxylic acid groups (broad SMARTS) is 1. The van der Waals surface area contributed by atoms with Crippen LogP contribution in [0.25, 0.3) is 0 Å². The van der Waals surface area contributed by atoms with Crippen molar-refractivity contribution in [3.05, 3.63) is 29.8 Å². The summed E-state index contributed by atoms with van der Waals surface area (Å²) in [7, 11) is 1.67. The van der Waals surface area contributed by atoms with E-state index in [0.29, 0.717) is 12.4 Å². The maximum atomic E-state index is 10.6. The molecule has 1 aromatic carbocycles. The molecule has 0 aromatic heterocycles. The van der Waals surface area contributed by atoms with Gasteiger partial charge in [0.1, 0.15) is 5.75 Å². The predicted molar refractivity (Wildman–Crippen MR) is 64.5 cm³/mol. The smallest absolute Gasteiger partial charge is 0.335 e. The Morgan fingerprint density at radius 3 is 2.35 bits per heavy atom. The van der Waals surface area contributed by atoms with E-state index in [1.54, 1.807) is 19.2 Å². The zero-order valence-electron chi connectivity index (χ0n) is 10.3. The van der Waals surface area contributed by atoms with E-state index < -0.39 is 5.97 Å². The predicted octanol–water partition coefficient (Wildman–Crippen LogP) is 2.43. The van der Waals surface area contributed by atoms with Crippen LogP contribution >= 0.6 is 0 Å². The monoisotopic (exact) mass is 238 g/mol. The summed E-state index contributed by atoms with van der Waals surface area (Å²) in [5.41, 5.74) is 0.260. The lowest BCUT2D eigenvalue weighted by Crippen LogP contribution is -2.22. The SMILES string of the molecule is CO[C@@H](C)[C@@H](C)COc1ccc(C(=O)O)cc1. The van der Waals surface area contributed by atoms with Gasteiger partial charge in [0.15, 0.2) is 0 Å². The number of hydrogen-bond donors (Lipinski definition) is 1. The molecule has 0 bridgehead atoms. The third-order valence-corrected chi connectivity index (χ3v) is 2.79. The molecular formula is C13H18O4. The molecule has 0 aliphatic carbocycles. The third-order valence-electron chi connectivity index (χ3n) is 2.79. The van der Waals surface area contributed by atoms with Crippen molar-refractivity contribution in [3.8, 4) is 5.75 Å². The molecule has 0 radical (unpaired) electrons. The minimum atomic E-state index is -0.932. The van der Waals surface area contributed by atoms with Crippen molar-refractivity contribution in [3.63, 3.8) is 0 Å². The highest BCUT2D eigenvalue weighted by atomic mass is 16.5. The summed E-state index contributed by atoms with van der Waals surface area (Å²) in [6, 6.07) is 6.38. The molecule has 2 atom stereocenters. The molecule has 0 amide bonds. The fourth-order valence-corrected chi connectivity index (χ4v) is 1.29. The fourth-order valence-electron chi connectivity index (χ4n) is 1.29. The van der Waals surface area contributed by atoms with Crippen molar-refractivity contribution in [2.45, 2.75) is 20.0 Å². The molecule has 1 N–H and O–H groups in total. The van der Waals surface area contributed by atoms with Crippen LogP contribution in [0.4, 0.5) is 0 Å². The van der Waals surface area contributed by atoms with E-state index in [1.165, 1.54) is 12.1 Å². The molecule has 0 heterocycles. The minimum Gasteiger partial charge on any atom is -0.493 e. The highest BCUT2D eigenvalue weighted by Gasteiger charge is 2.12. The lowest BCUT2D eigenvalue weighted by molar-refractivity contribution is 0.0523. The van der Waals surface area contributed by atoms with E-state index in [4.69, 9.17) is 14.6 Å². The van der Waals surface area contributed by atoms with Gasteiger partial charge >= 0.3 is 5.97 Å². The molecule has 0 fully saturated rings. The number of aromatic carboxylic acids is 1. The Morgan fingerprint density at radius 1 is 1.29 bits per heavy atom. The highest BCUT2D eigenvalue weighted by molar-refractivity contribution is 5.87. The molecule has 17 heavy (non-hydrogen) atoms. The maximum absolute atomic E-state index is 10.6. The van der Waals surface area contributed by atoms with Gasteiger partial charge in [0.05, 0.1) is 18.3 Å². The quantitative estimate of drug-likeness (QED) is 0.827. The molecule has 4 nitrogen and oxygen atoms in total. The molecule has 1 aromatic rings. The fraction of sp³-hybridized carbons (Fsp3) is 0.462. The van der Waals surface area contributed by atoms with E-state index in [0.717, 1.165) is 0 Å². The molecule has 4 heteroatoms. The summed E-state index contributed by atoms with van der Waals surface area (Å²) in [4.78, 5) is 10.6. The van der Waals surface area contributed by atoms with Crippen LogP contribution in [0.1, 0.15) is 24.2 Å². The van der Waals surface area contributed by atoms with E-state index >= 15 is 0 Å². The molecule has 0 saturated heterocycles. The standard InChI is InChI=1S/C13H18O4/c1-9(10(2)16-3)8-17-12-6-4-11(5-7-12)13(14)15/h4-7,9-10H,8H2,1-3H3,(H,14,15)/t9-,10-/m0/s1. The van der Waals surface area contributed by atoms with Gasteiger partial charge in [0.2, 0.25) is 0 Å². The van der Waals surface area contributed by atoms with Gasteiger partial charge in [-0.25, -0.2) is 4.79 Å². The van der Waals surface area contributed by atoms with Gasteiger partial charge in [0, 0.05) is 13.0 Å². The second kappa shape index (κ2) is 6.25. The van der Waals surface area contributed by atoms with Crippen molar-refractivity contribution in [1.29, 1.82) is 0 Å². The number of carboxylic acids is 1. The van der Waals surface area contributed by atoms with Crippen molar-refractivity contribution in [2.75, 3.05) is 13.7 Å². The Labute approximate surface area is 101 Å². The van der Waals surface area contributed by atoms with Gasteiger partial charge < -0.3 is 14.6 Å². The summed E-state index contributed by atoms with van der Waals surface area (Å²) in [5.74, 6) is 0.0160. The van der Waals surface area contributed by atoms with Gasteiger partial charge in [-0.1, -0.05) is 6.92 Å². The lowest BCUT2D eigenvalue weighted by atomic mass is 10.1. The number of methoxy groups -OCH3 is 1. The van der Waals surface area contributed by atoms with Crippen LogP contribution in [0.3, 0.4) is 0 Å². The first-order chi connectivity index (χ1) is 8.04. The Bertz CT molecular complexity index is 358. The van der Waals surface area contributed by atoms with Gasteiger partial charge in [-0.15, -0.1) is 0 Å². The molecule has 1 rings (SSSR count). The van der Waals surface area contributed by atoms with Gasteiger partial charge in [-0.3, -0.25) is 0 Å². The first kappa shape index (κ1) is 13.5. The summed E-state index contributed by atoms with van der Waals surface area (Å²) < 4.78 is 10.7. The van der Waals surface area contributed by atoms with Gasteiger partial charge in [-0.2, -0.15) is 0 Å². The molecule has 94 valence electrons. The number of benzene rings is 1. The minimum absolute atomic E-state index is 0.133. The molecule has 0 saturated carbocycles. The second-order valence-electron chi connectivity index (χ2n) is 4.06. The third kappa shape index (κ3) is 4.07. The van der Waals surface area contributed by atoms with E-state index in [-0.39, 0.29) is 17.6 Å². The summed E-state index contributed by atoms with van der Waals surface area (Å²) in [6.07, 6.45) is 0.133. The van der Waals surface area contributed by atoms with Crippen LogP contribution in [0, 0.1) is 5.92 Å². The Kier molecular flexibility index (Phi) is 4.97. The number of hydrogen-bond acceptors (Lipinski definition) is 3. The molecule has 0 spiro atoms. The van der Waals surface area contributed by atoms with E-state index in [9.17, 15) is 4.79 Å². The molecule has 0 unspecified atom stereocenters. The maximum Gasteiger partial charge on any atom is 0.335 e. The largest absolute Gasteiger partial charge is 0.493 e. The van der Waals surface area contributed by atoms with Crippen LogP contribution in [0.2, 0.25) is 0 Å². The van der Waals surface area contributed by atoms with Crippen LogP contribution in [0.15, 0.2) is 24.3 Å². The zero-order chi connectivity index (χ0) is 12.8. The summed E-state index contributed by atoms with van der Waals surface area (Å²) in [6.45, 7) is 4.57.